The summed E-state index contributed by atoms with van der Waals surface area (Å²) in [5, 5.41) is 6.93. The summed E-state index contributed by atoms with van der Waals surface area (Å²) in [5.41, 5.74) is 1.16. The number of aliphatic imine (C=N–C) groups is 1. The molecule has 6 heteroatoms. The van der Waals surface area contributed by atoms with E-state index in [1.165, 1.54) is 0 Å². The van der Waals surface area contributed by atoms with Crippen molar-refractivity contribution in [2.24, 2.45) is 4.99 Å². The quantitative estimate of drug-likeness (QED) is 0.381. The summed E-state index contributed by atoms with van der Waals surface area (Å²) in [6.07, 6.45) is 3.20. The highest BCUT2D eigenvalue weighted by Crippen LogP contribution is 2.30. The van der Waals surface area contributed by atoms with Crippen molar-refractivity contribution in [3.05, 3.63) is 24.3 Å². The van der Waals surface area contributed by atoms with E-state index in [1.54, 1.807) is 7.11 Å². The lowest BCUT2D eigenvalue weighted by atomic mass is 10.2. The SMILES string of the molecule is CCNC(=NCCCCOCC)NC1CCN(c2ccccc2OC)C1. The molecular formula is C20H34N4O2. The second-order valence-electron chi connectivity index (χ2n) is 6.41. The zero-order valence-corrected chi connectivity index (χ0v) is 16.5. The third-order valence-corrected chi connectivity index (χ3v) is 4.47. The van der Waals surface area contributed by atoms with E-state index in [4.69, 9.17) is 14.5 Å². The fourth-order valence-corrected chi connectivity index (χ4v) is 3.15. The molecular weight excluding hydrogens is 328 g/mol. The first-order valence-corrected chi connectivity index (χ1v) is 9.79. The number of unbranched alkanes of at least 4 members (excludes halogenated alkanes) is 1. The summed E-state index contributed by atoms with van der Waals surface area (Å²) in [7, 11) is 1.73. The van der Waals surface area contributed by atoms with Crippen LogP contribution in [0, 0.1) is 0 Å². The van der Waals surface area contributed by atoms with Crippen molar-refractivity contribution >= 4 is 11.6 Å². The minimum atomic E-state index is 0.390. The second kappa shape index (κ2) is 11.6. The van der Waals surface area contributed by atoms with Gasteiger partial charge in [-0.2, -0.15) is 0 Å². The Hall–Kier alpha value is -1.95. The van der Waals surface area contributed by atoms with Crippen molar-refractivity contribution < 1.29 is 9.47 Å². The molecule has 1 aromatic carbocycles. The molecule has 1 unspecified atom stereocenters. The van der Waals surface area contributed by atoms with Crippen LogP contribution in [0.3, 0.4) is 0 Å². The largest absolute Gasteiger partial charge is 0.495 e. The Morgan fingerprint density at radius 1 is 1.27 bits per heavy atom. The number of nitrogens with one attached hydrogen (secondary N) is 2. The monoisotopic (exact) mass is 362 g/mol. The average Bonchev–Trinajstić information content (AvgIpc) is 3.13. The standard InChI is InChI=1S/C20H34N4O2/c1-4-21-20(22-13-8-9-15-26-5-2)23-17-12-14-24(16-17)18-10-6-7-11-19(18)25-3/h6-7,10-11,17H,4-5,8-9,12-16H2,1-3H3,(H2,21,22,23). The van der Waals surface area contributed by atoms with Gasteiger partial charge in [0.05, 0.1) is 12.8 Å². The zero-order valence-electron chi connectivity index (χ0n) is 16.5. The number of ether oxygens (including phenoxy) is 2. The fourth-order valence-electron chi connectivity index (χ4n) is 3.15. The highest BCUT2D eigenvalue weighted by atomic mass is 16.5. The molecule has 26 heavy (non-hydrogen) atoms. The molecule has 1 fully saturated rings. The molecule has 1 aromatic rings. The predicted octanol–water partition coefficient (Wildman–Crippen LogP) is 2.65. The van der Waals surface area contributed by atoms with E-state index >= 15 is 0 Å². The van der Waals surface area contributed by atoms with E-state index in [9.17, 15) is 0 Å². The molecule has 1 heterocycles. The summed E-state index contributed by atoms with van der Waals surface area (Å²) in [4.78, 5) is 7.08. The number of rotatable bonds is 10. The maximum Gasteiger partial charge on any atom is 0.191 e. The number of para-hydroxylation sites is 2. The maximum absolute atomic E-state index is 5.50. The van der Waals surface area contributed by atoms with Crippen molar-refractivity contribution in [1.82, 2.24) is 10.6 Å². The van der Waals surface area contributed by atoms with Crippen LogP contribution in [0.25, 0.3) is 0 Å². The molecule has 2 rings (SSSR count). The van der Waals surface area contributed by atoms with Gasteiger partial charge >= 0.3 is 0 Å². The van der Waals surface area contributed by atoms with Gasteiger partial charge in [-0.3, -0.25) is 4.99 Å². The molecule has 1 saturated heterocycles. The Morgan fingerprint density at radius 2 is 2.12 bits per heavy atom. The van der Waals surface area contributed by atoms with Crippen LogP contribution in [0.2, 0.25) is 0 Å². The second-order valence-corrected chi connectivity index (χ2v) is 6.41. The number of hydrogen-bond acceptors (Lipinski definition) is 4. The van der Waals surface area contributed by atoms with Crippen LogP contribution in [-0.2, 0) is 4.74 Å². The normalized spacial score (nSPS) is 17.4. The molecule has 0 aliphatic carbocycles. The summed E-state index contributed by atoms with van der Waals surface area (Å²) < 4.78 is 10.9. The minimum Gasteiger partial charge on any atom is -0.495 e. The van der Waals surface area contributed by atoms with Crippen LogP contribution < -0.4 is 20.3 Å². The summed E-state index contributed by atoms with van der Waals surface area (Å²) in [6, 6.07) is 8.60. The highest BCUT2D eigenvalue weighted by molar-refractivity contribution is 5.80. The zero-order chi connectivity index (χ0) is 18.6. The maximum atomic E-state index is 5.50. The minimum absolute atomic E-state index is 0.390. The van der Waals surface area contributed by atoms with Crippen molar-refractivity contribution in [2.45, 2.75) is 39.2 Å². The predicted molar refractivity (Wildman–Crippen MR) is 108 cm³/mol. The first-order valence-electron chi connectivity index (χ1n) is 9.79. The van der Waals surface area contributed by atoms with E-state index in [2.05, 4.69) is 34.6 Å². The number of methoxy groups -OCH3 is 1. The lowest BCUT2D eigenvalue weighted by molar-refractivity contribution is 0.144. The Morgan fingerprint density at radius 3 is 2.88 bits per heavy atom. The smallest absolute Gasteiger partial charge is 0.191 e. The molecule has 0 saturated carbocycles. The summed E-state index contributed by atoms with van der Waals surface area (Å²) in [5.74, 6) is 1.85. The Balaban J connectivity index is 1.83. The van der Waals surface area contributed by atoms with Gasteiger partial charge in [0.25, 0.3) is 0 Å². The first-order chi connectivity index (χ1) is 12.8. The Bertz CT molecular complexity index is 550. The van der Waals surface area contributed by atoms with Crippen LogP contribution in [0.5, 0.6) is 5.75 Å². The number of benzene rings is 1. The van der Waals surface area contributed by atoms with Crippen molar-refractivity contribution in [2.75, 3.05) is 51.4 Å². The van der Waals surface area contributed by atoms with Crippen LogP contribution in [-0.4, -0.2) is 58.5 Å². The molecule has 0 aromatic heterocycles. The topological polar surface area (TPSA) is 58.1 Å². The van der Waals surface area contributed by atoms with Gasteiger partial charge in [0, 0.05) is 45.4 Å². The Labute approximate surface area is 158 Å². The number of nitrogens with zero attached hydrogens (tertiary/aromatic N) is 2. The van der Waals surface area contributed by atoms with Gasteiger partial charge in [0.15, 0.2) is 5.96 Å². The lowest BCUT2D eigenvalue weighted by Gasteiger charge is -2.22. The van der Waals surface area contributed by atoms with Crippen molar-refractivity contribution in [3.63, 3.8) is 0 Å². The molecule has 146 valence electrons. The molecule has 0 amide bonds. The van der Waals surface area contributed by atoms with Gasteiger partial charge in [0.2, 0.25) is 0 Å². The third-order valence-electron chi connectivity index (χ3n) is 4.47. The lowest BCUT2D eigenvalue weighted by Crippen LogP contribution is -2.44. The molecule has 2 N–H and O–H groups in total. The van der Waals surface area contributed by atoms with Crippen LogP contribution in [0.15, 0.2) is 29.3 Å². The Kier molecular flexibility index (Phi) is 9.10. The van der Waals surface area contributed by atoms with Gasteiger partial charge in [-0.25, -0.2) is 0 Å². The summed E-state index contributed by atoms with van der Waals surface area (Å²) >= 11 is 0. The van der Waals surface area contributed by atoms with E-state index in [0.29, 0.717) is 6.04 Å². The number of guanidine groups is 1. The van der Waals surface area contributed by atoms with E-state index in [-0.39, 0.29) is 0 Å². The molecule has 0 bridgehead atoms. The fraction of sp³-hybridized carbons (Fsp3) is 0.650. The first kappa shape index (κ1) is 20.4. The van der Waals surface area contributed by atoms with E-state index < -0.39 is 0 Å². The summed E-state index contributed by atoms with van der Waals surface area (Å²) in [6.45, 7) is 9.41. The number of hydrogen-bond donors (Lipinski definition) is 2. The van der Waals surface area contributed by atoms with Gasteiger partial charge in [0.1, 0.15) is 5.75 Å². The average molecular weight is 363 g/mol. The molecule has 0 spiro atoms. The van der Waals surface area contributed by atoms with Gasteiger partial charge in [-0.1, -0.05) is 12.1 Å². The van der Waals surface area contributed by atoms with Crippen molar-refractivity contribution in [1.29, 1.82) is 0 Å². The molecule has 0 radical (unpaired) electrons. The van der Waals surface area contributed by atoms with Crippen LogP contribution in [0.4, 0.5) is 5.69 Å². The molecule has 6 nitrogen and oxygen atoms in total. The van der Waals surface area contributed by atoms with E-state index in [1.807, 2.05) is 19.1 Å². The third kappa shape index (κ3) is 6.41. The molecule has 1 aliphatic rings. The van der Waals surface area contributed by atoms with Gasteiger partial charge in [-0.05, 0) is 45.2 Å². The van der Waals surface area contributed by atoms with E-state index in [0.717, 1.165) is 76.1 Å². The molecule has 1 atom stereocenters. The van der Waals surface area contributed by atoms with Crippen LogP contribution >= 0.6 is 0 Å². The highest BCUT2D eigenvalue weighted by Gasteiger charge is 2.25. The van der Waals surface area contributed by atoms with Crippen molar-refractivity contribution in [3.8, 4) is 5.75 Å². The van der Waals surface area contributed by atoms with Crippen LogP contribution in [0.1, 0.15) is 33.1 Å². The molecule has 1 aliphatic heterocycles. The van der Waals surface area contributed by atoms with Gasteiger partial charge in [-0.15, -0.1) is 0 Å². The number of anilines is 1. The van der Waals surface area contributed by atoms with Gasteiger partial charge < -0.3 is 25.0 Å².